The van der Waals surface area contributed by atoms with Crippen molar-refractivity contribution in [3.8, 4) is 6.07 Å². The van der Waals surface area contributed by atoms with Gasteiger partial charge in [0.2, 0.25) is 0 Å². The Morgan fingerprint density at radius 3 is 2.90 bits per heavy atom. The van der Waals surface area contributed by atoms with Crippen LogP contribution < -0.4 is 11.1 Å². The first-order chi connectivity index (χ1) is 14.0. The maximum absolute atomic E-state index is 10.7. The minimum atomic E-state index is -0.231. The number of nitrogens with two attached hydrogens (primary N) is 1. The zero-order valence-corrected chi connectivity index (χ0v) is 16.5. The summed E-state index contributed by atoms with van der Waals surface area (Å²) in [6, 6.07) is 4.14. The van der Waals surface area contributed by atoms with E-state index < -0.39 is 0 Å². The molecule has 10 heteroatoms. The molecule has 0 unspecified atom stereocenters. The van der Waals surface area contributed by atoms with Crippen LogP contribution in [0.1, 0.15) is 42.3 Å². The van der Waals surface area contributed by atoms with E-state index in [1.54, 1.807) is 6.20 Å². The molecule has 0 spiro atoms. The van der Waals surface area contributed by atoms with Gasteiger partial charge in [-0.25, -0.2) is 4.98 Å². The molecule has 1 aliphatic rings. The first-order valence-corrected chi connectivity index (χ1v) is 9.68. The van der Waals surface area contributed by atoms with E-state index in [1.807, 2.05) is 24.6 Å². The quantitative estimate of drug-likeness (QED) is 0.559. The highest BCUT2D eigenvalue weighted by molar-refractivity contribution is 5.69. The molecule has 1 aliphatic carbocycles. The molecule has 4 rings (SSSR count). The van der Waals surface area contributed by atoms with Crippen LogP contribution in [0.15, 0.2) is 17.4 Å². The second-order valence-electron chi connectivity index (χ2n) is 7.47. The Balaban J connectivity index is 1.52. The number of anilines is 2. The number of hydrogen-bond donors (Lipinski definition) is 2. The van der Waals surface area contributed by atoms with Gasteiger partial charge in [0.1, 0.15) is 29.8 Å². The van der Waals surface area contributed by atoms with Gasteiger partial charge in [-0.15, -0.1) is 0 Å². The Morgan fingerprint density at radius 2 is 2.24 bits per heavy atom. The van der Waals surface area contributed by atoms with Gasteiger partial charge in [-0.3, -0.25) is 4.68 Å². The van der Waals surface area contributed by atoms with Gasteiger partial charge in [0, 0.05) is 24.2 Å². The first-order valence-electron chi connectivity index (χ1n) is 9.68. The number of nitrogen functional groups attached to an aromatic ring is 1. The Bertz CT molecular complexity index is 1120. The van der Waals surface area contributed by atoms with Crippen molar-refractivity contribution in [2.24, 2.45) is 5.18 Å². The standard InChI is InChI=1S/C19H23N9O/c1-3-13-10-23-27-16(21)15(9-20)17(25-18(13)27)22-7-4-14-8-12(2)28(26-14)19(5-6-19)11-24-29/h8,10H,3-7,11,21H2,1-2H3,(H,22,25). The van der Waals surface area contributed by atoms with E-state index in [-0.39, 0.29) is 23.5 Å². The number of aryl methyl sites for hydroxylation is 2. The molecule has 0 aliphatic heterocycles. The summed E-state index contributed by atoms with van der Waals surface area (Å²) in [6.45, 7) is 4.81. The van der Waals surface area contributed by atoms with Gasteiger partial charge in [0.05, 0.1) is 17.4 Å². The first kappa shape index (κ1) is 18.9. The maximum Gasteiger partial charge on any atom is 0.162 e. The summed E-state index contributed by atoms with van der Waals surface area (Å²) in [6.07, 6.45) is 5.00. The van der Waals surface area contributed by atoms with Gasteiger partial charge >= 0.3 is 0 Å². The topological polar surface area (TPSA) is 139 Å². The molecule has 10 nitrogen and oxygen atoms in total. The lowest BCUT2D eigenvalue weighted by Crippen LogP contribution is -2.23. The summed E-state index contributed by atoms with van der Waals surface area (Å²) in [5.41, 5.74) is 9.74. The largest absolute Gasteiger partial charge is 0.382 e. The zero-order valence-electron chi connectivity index (χ0n) is 16.5. The third-order valence-electron chi connectivity index (χ3n) is 5.50. The molecule has 0 radical (unpaired) electrons. The normalized spacial score (nSPS) is 14.7. The second-order valence-corrected chi connectivity index (χ2v) is 7.47. The van der Waals surface area contributed by atoms with Gasteiger partial charge in [-0.2, -0.15) is 24.9 Å². The van der Waals surface area contributed by atoms with Crippen LogP contribution in [0.3, 0.4) is 0 Å². The number of nitrogens with one attached hydrogen (secondary N) is 1. The summed E-state index contributed by atoms with van der Waals surface area (Å²) in [4.78, 5) is 15.3. The fourth-order valence-corrected chi connectivity index (χ4v) is 3.70. The molecule has 3 aromatic heterocycles. The number of aromatic nitrogens is 5. The maximum atomic E-state index is 10.7. The van der Waals surface area contributed by atoms with Crippen LogP contribution in [0, 0.1) is 23.2 Å². The Hall–Kier alpha value is -3.48. The van der Waals surface area contributed by atoms with Crippen molar-refractivity contribution in [2.75, 3.05) is 24.1 Å². The fourth-order valence-electron chi connectivity index (χ4n) is 3.70. The lowest BCUT2D eigenvalue weighted by molar-refractivity contribution is 0.429. The zero-order chi connectivity index (χ0) is 20.6. The minimum Gasteiger partial charge on any atom is -0.382 e. The van der Waals surface area contributed by atoms with Crippen molar-refractivity contribution in [1.82, 2.24) is 24.4 Å². The lowest BCUT2D eigenvalue weighted by Gasteiger charge is -2.13. The van der Waals surface area contributed by atoms with Crippen LogP contribution >= 0.6 is 0 Å². The van der Waals surface area contributed by atoms with Crippen molar-refractivity contribution in [2.45, 2.75) is 45.1 Å². The monoisotopic (exact) mass is 393 g/mol. The van der Waals surface area contributed by atoms with Gasteiger partial charge < -0.3 is 11.1 Å². The molecule has 3 N–H and O–H groups in total. The lowest BCUT2D eigenvalue weighted by atomic mass is 10.2. The molecule has 3 aromatic rings. The summed E-state index contributed by atoms with van der Waals surface area (Å²) in [5, 5.41) is 24.7. The highest BCUT2D eigenvalue weighted by atomic mass is 16.3. The third-order valence-corrected chi connectivity index (χ3v) is 5.50. The SMILES string of the molecule is CCc1cnn2c(N)c(C#N)c(NCCc3cc(C)n(C4(CN=O)CC4)n3)nc12. The Morgan fingerprint density at radius 1 is 1.45 bits per heavy atom. The summed E-state index contributed by atoms with van der Waals surface area (Å²) in [5.74, 6) is 0.726. The number of nitrogens with zero attached hydrogens (tertiary/aromatic N) is 7. The molecule has 0 aromatic carbocycles. The molecular weight excluding hydrogens is 370 g/mol. The predicted molar refractivity (Wildman–Crippen MR) is 109 cm³/mol. The number of rotatable bonds is 8. The van der Waals surface area contributed by atoms with E-state index in [2.05, 4.69) is 31.7 Å². The van der Waals surface area contributed by atoms with Crippen LogP contribution in [0.4, 0.5) is 11.6 Å². The molecule has 0 amide bonds. The fraction of sp³-hybridized carbons (Fsp3) is 0.474. The van der Waals surface area contributed by atoms with Gasteiger partial charge in [-0.1, -0.05) is 12.1 Å². The van der Waals surface area contributed by atoms with Crippen LogP contribution in [0.2, 0.25) is 0 Å². The highest BCUT2D eigenvalue weighted by Crippen LogP contribution is 2.44. The molecule has 0 bridgehead atoms. The molecule has 1 saturated carbocycles. The van der Waals surface area contributed by atoms with Crippen molar-refractivity contribution >= 4 is 17.3 Å². The average Bonchev–Trinajstić information content (AvgIpc) is 3.19. The Kier molecular flexibility index (Phi) is 4.66. The van der Waals surface area contributed by atoms with Crippen LogP contribution in [0.25, 0.3) is 5.65 Å². The average molecular weight is 393 g/mol. The molecular formula is C19H23N9O. The van der Waals surface area contributed by atoms with Gasteiger partial charge in [-0.05, 0) is 32.3 Å². The number of hydrogen-bond acceptors (Lipinski definition) is 8. The molecule has 0 atom stereocenters. The molecule has 1 fully saturated rings. The van der Waals surface area contributed by atoms with Crippen LogP contribution in [0.5, 0.6) is 0 Å². The predicted octanol–water partition coefficient (Wildman–Crippen LogP) is 2.16. The van der Waals surface area contributed by atoms with Gasteiger partial charge in [0.25, 0.3) is 0 Å². The minimum absolute atomic E-state index is 0.231. The van der Waals surface area contributed by atoms with Crippen molar-refractivity contribution < 1.29 is 0 Å². The van der Waals surface area contributed by atoms with E-state index >= 15 is 0 Å². The van der Waals surface area contributed by atoms with E-state index in [1.165, 1.54) is 4.52 Å². The van der Waals surface area contributed by atoms with Gasteiger partial charge in [0.15, 0.2) is 5.65 Å². The summed E-state index contributed by atoms with van der Waals surface area (Å²) in [7, 11) is 0. The van der Waals surface area contributed by atoms with E-state index in [9.17, 15) is 10.2 Å². The number of nitriles is 1. The molecule has 0 saturated heterocycles. The van der Waals surface area contributed by atoms with Crippen LogP contribution in [-0.4, -0.2) is 37.5 Å². The van der Waals surface area contributed by atoms with Crippen LogP contribution in [-0.2, 0) is 18.4 Å². The summed E-state index contributed by atoms with van der Waals surface area (Å²) >= 11 is 0. The number of nitroso groups, excluding NO2 is 1. The molecule has 3 heterocycles. The smallest absolute Gasteiger partial charge is 0.162 e. The summed E-state index contributed by atoms with van der Waals surface area (Å²) < 4.78 is 3.44. The Labute approximate surface area is 167 Å². The number of fused-ring (bicyclic) bond motifs is 1. The third kappa shape index (κ3) is 3.18. The van der Waals surface area contributed by atoms with Crippen molar-refractivity contribution in [1.29, 1.82) is 5.26 Å². The van der Waals surface area contributed by atoms with E-state index in [4.69, 9.17) is 5.73 Å². The van der Waals surface area contributed by atoms with E-state index in [0.717, 1.165) is 36.2 Å². The van der Waals surface area contributed by atoms with E-state index in [0.29, 0.717) is 24.4 Å². The molecule has 150 valence electrons. The molecule has 29 heavy (non-hydrogen) atoms. The van der Waals surface area contributed by atoms with Crippen molar-refractivity contribution in [3.63, 3.8) is 0 Å². The highest BCUT2D eigenvalue weighted by Gasteiger charge is 2.46. The van der Waals surface area contributed by atoms with Crippen molar-refractivity contribution in [3.05, 3.63) is 39.7 Å². The second kappa shape index (κ2) is 7.16.